The Morgan fingerprint density at radius 1 is 1.36 bits per heavy atom. The highest BCUT2D eigenvalue weighted by atomic mass is 35.5. The number of aliphatic hydroxyl groups excluding tert-OH is 2. The van der Waals surface area contributed by atoms with Crippen LogP contribution in [0.3, 0.4) is 0 Å². The second-order valence-corrected chi connectivity index (χ2v) is 3.66. The molecular weight excluding hydrogens is 225 g/mol. The van der Waals surface area contributed by atoms with E-state index in [9.17, 15) is 10.2 Å². The normalized spacial score (nSPS) is 15.1. The molecule has 0 spiro atoms. The fourth-order valence-electron chi connectivity index (χ4n) is 1.05. The predicted molar refractivity (Wildman–Crippen MR) is 57.6 cm³/mol. The van der Waals surface area contributed by atoms with Crippen molar-refractivity contribution in [3.63, 3.8) is 0 Å². The predicted octanol–water partition coefficient (Wildman–Crippen LogP) is 1.56. The highest BCUT2D eigenvalue weighted by molar-refractivity contribution is 6.33. The second-order valence-electron chi connectivity index (χ2n) is 2.95. The Bertz CT molecular complexity index is 320. The van der Waals surface area contributed by atoms with E-state index in [1.165, 1.54) is 6.07 Å². The molecule has 5 heteroatoms. The molecule has 1 aromatic carbocycles. The molecule has 0 amide bonds. The summed E-state index contributed by atoms with van der Waals surface area (Å²) in [5.74, 6) is -0.0380. The van der Waals surface area contributed by atoms with Crippen LogP contribution in [0.5, 0.6) is 0 Å². The molecule has 0 radical (unpaired) electrons. The molecule has 0 aliphatic rings. The van der Waals surface area contributed by atoms with Crippen LogP contribution in [0.2, 0.25) is 5.02 Å². The number of benzene rings is 1. The topological polar surface area (TPSA) is 66.5 Å². The van der Waals surface area contributed by atoms with Gasteiger partial charge in [-0.15, -0.1) is 11.6 Å². The molecule has 2 unspecified atom stereocenters. The van der Waals surface area contributed by atoms with Gasteiger partial charge in [-0.1, -0.05) is 17.7 Å². The molecule has 0 saturated carbocycles. The number of nitrogens with two attached hydrogens (primary N) is 1. The van der Waals surface area contributed by atoms with Gasteiger partial charge < -0.3 is 15.9 Å². The van der Waals surface area contributed by atoms with Gasteiger partial charge in [0.2, 0.25) is 0 Å². The minimum absolute atomic E-state index is 0.0380. The smallest absolute Gasteiger partial charge is 0.106 e. The van der Waals surface area contributed by atoms with Crippen LogP contribution in [0.1, 0.15) is 11.7 Å². The number of halogens is 2. The van der Waals surface area contributed by atoms with Crippen molar-refractivity contribution in [1.29, 1.82) is 0 Å². The lowest BCUT2D eigenvalue weighted by Crippen LogP contribution is -2.19. The summed E-state index contributed by atoms with van der Waals surface area (Å²) in [6.07, 6.45) is -2.04. The number of hydrogen-bond donors (Lipinski definition) is 3. The van der Waals surface area contributed by atoms with Crippen molar-refractivity contribution in [3.8, 4) is 0 Å². The van der Waals surface area contributed by atoms with Gasteiger partial charge in [0.15, 0.2) is 0 Å². The van der Waals surface area contributed by atoms with Crippen molar-refractivity contribution in [2.24, 2.45) is 0 Å². The van der Waals surface area contributed by atoms with Crippen LogP contribution in [0.4, 0.5) is 5.69 Å². The van der Waals surface area contributed by atoms with E-state index in [-0.39, 0.29) is 5.88 Å². The molecule has 0 heterocycles. The highest BCUT2D eigenvalue weighted by Gasteiger charge is 2.17. The number of hydrogen-bond acceptors (Lipinski definition) is 3. The number of anilines is 1. The fraction of sp³-hybridized carbons (Fsp3) is 0.333. The molecule has 0 aromatic heterocycles. The summed E-state index contributed by atoms with van der Waals surface area (Å²) in [6, 6.07) is 4.68. The largest absolute Gasteiger partial charge is 0.398 e. The maximum absolute atomic E-state index is 9.57. The Morgan fingerprint density at radius 3 is 2.50 bits per heavy atom. The van der Waals surface area contributed by atoms with Crippen LogP contribution in [0, 0.1) is 0 Å². The van der Waals surface area contributed by atoms with Crippen molar-refractivity contribution in [1.82, 2.24) is 0 Å². The SMILES string of the molecule is Nc1cc(C(O)C(O)CCl)ccc1Cl. The summed E-state index contributed by atoms with van der Waals surface area (Å²) in [7, 11) is 0. The third-order valence-corrected chi connectivity index (χ3v) is 2.54. The molecular formula is C9H11Cl2NO2. The van der Waals surface area contributed by atoms with Gasteiger partial charge in [0.1, 0.15) is 6.10 Å². The van der Waals surface area contributed by atoms with Gasteiger partial charge in [0, 0.05) is 0 Å². The lowest BCUT2D eigenvalue weighted by atomic mass is 10.1. The summed E-state index contributed by atoms with van der Waals surface area (Å²) < 4.78 is 0. The first-order chi connectivity index (χ1) is 6.56. The van der Waals surface area contributed by atoms with Crippen molar-refractivity contribution >= 4 is 28.9 Å². The van der Waals surface area contributed by atoms with Gasteiger partial charge in [-0.3, -0.25) is 0 Å². The van der Waals surface area contributed by atoms with Gasteiger partial charge in [-0.2, -0.15) is 0 Å². The Kier molecular flexibility index (Phi) is 4.01. The molecule has 2 atom stereocenters. The average Bonchev–Trinajstić information content (AvgIpc) is 2.20. The van der Waals surface area contributed by atoms with Gasteiger partial charge >= 0.3 is 0 Å². The molecule has 0 saturated heterocycles. The van der Waals surface area contributed by atoms with Crippen LogP contribution in [0.25, 0.3) is 0 Å². The summed E-state index contributed by atoms with van der Waals surface area (Å²) in [6.45, 7) is 0. The quantitative estimate of drug-likeness (QED) is 0.551. The zero-order valence-corrected chi connectivity index (χ0v) is 8.83. The van der Waals surface area contributed by atoms with E-state index >= 15 is 0 Å². The van der Waals surface area contributed by atoms with Crippen LogP contribution in [0.15, 0.2) is 18.2 Å². The molecule has 1 aromatic rings. The maximum Gasteiger partial charge on any atom is 0.106 e. The van der Waals surface area contributed by atoms with Crippen molar-refractivity contribution in [3.05, 3.63) is 28.8 Å². The van der Waals surface area contributed by atoms with Gasteiger partial charge in [0.25, 0.3) is 0 Å². The van der Waals surface area contributed by atoms with Crippen LogP contribution in [-0.4, -0.2) is 22.2 Å². The van der Waals surface area contributed by atoms with E-state index in [0.717, 1.165) is 0 Å². The molecule has 0 fully saturated rings. The monoisotopic (exact) mass is 235 g/mol. The molecule has 3 nitrogen and oxygen atoms in total. The summed E-state index contributed by atoms with van der Waals surface area (Å²) in [5.41, 5.74) is 6.41. The van der Waals surface area contributed by atoms with E-state index in [4.69, 9.17) is 28.9 Å². The average molecular weight is 236 g/mol. The standard InChI is InChI=1S/C9H11Cl2NO2/c10-4-8(13)9(14)5-1-2-6(11)7(12)3-5/h1-3,8-9,13-14H,4,12H2. The van der Waals surface area contributed by atoms with Gasteiger partial charge in [-0.25, -0.2) is 0 Å². The number of nitrogen functional groups attached to an aromatic ring is 1. The molecule has 1 rings (SSSR count). The number of aliphatic hydroxyl groups is 2. The van der Waals surface area contributed by atoms with Crippen molar-refractivity contribution in [2.75, 3.05) is 11.6 Å². The molecule has 78 valence electrons. The maximum atomic E-state index is 9.57. The van der Waals surface area contributed by atoms with Crippen LogP contribution < -0.4 is 5.73 Å². The first kappa shape index (κ1) is 11.6. The summed E-state index contributed by atoms with van der Waals surface area (Å²) in [5, 5.41) is 19.3. The Labute approximate surface area is 92.1 Å². The number of rotatable bonds is 3. The van der Waals surface area contributed by atoms with Crippen molar-refractivity contribution in [2.45, 2.75) is 12.2 Å². The van der Waals surface area contributed by atoms with E-state index in [0.29, 0.717) is 16.3 Å². The molecule has 0 aliphatic carbocycles. The Hall–Kier alpha value is -0.480. The van der Waals surface area contributed by atoms with E-state index in [2.05, 4.69) is 0 Å². The summed E-state index contributed by atoms with van der Waals surface area (Å²) >= 11 is 11.1. The minimum Gasteiger partial charge on any atom is -0.398 e. The van der Waals surface area contributed by atoms with Crippen LogP contribution >= 0.6 is 23.2 Å². The Morgan fingerprint density at radius 2 is 2.00 bits per heavy atom. The fourth-order valence-corrected chi connectivity index (χ4v) is 1.34. The van der Waals surface area contributed by atoms with E-state index in [1.807, 2.05) is 0 Å². The van der Waals surface area contributed by atoms with Gasteiger partial charge in [-0.05, 0) is 17.7 Å². The first-order valence-electron chi connectivity index (χ1n) is 4.03. The zero-order chi connectivity index (χ0) is 10.7. The summed E-state index contributed by atoms with van der Waals surface area (Å²) in [4.78, 5) is 0. The lowest BCUT2D eigenvalue weighted by molar-refractivity contribution is 0.0327. The van der Waals surface area contributed by atoms with Crippen molar-refractivity contribution < 1.29 is 10.2 Å². The third-order valence-electron chi connectivity index (χ3n) is 1.88. The van der Waals surface area contributed by atoms with Gasteiger partial charge in [0.05, 0.1) is 22.7 Å². The third kappa shape index (κ3) is 2.51. The highest BCUT2D eigenvalue weighted by Crippen LogP contribution is 2.25. The molecule has 4 N–H and O–H groups in total. The second kappa shape index (κ2) is 4.84. The molecule has 0 bridgehead atoms. The van der Waals surface area contributed by atoms with E-state index < -0.39 is 12.2 Å². The Balaban J connectivity index is 2.91. The van der Waals surface area contributed by atoms with Crippen LogP contribution in [-0.2, 0) is 0 Å². The zero-order valence-electron chi connectivity index (χ0n) is 7.32. The molecule has 14 heavy (non-hydrogen) atoms. The number of alkyl halides is 1. The van der Waals surface area contributed by atoms with E-state index in [1.54, 1.807) is 12.1 Å². The lowest BCUT2D eigenvalue weighted by Gasteiger charge is -2.16. The molecule has 0 aliphatic heterocycles. The first-order valence-corrected chi connectivity index (χ1v) is 4.94. The minimum atomic E-state index is -1.04.